The molecule has 0 aliphatic heterocycles. The minimum atomic E-state index is -1.02. The van der Waals surface area contributed by atoms with Gasteiger partial charge in [0.25, 0.3) is 0 Å². The highest BCUT2D eigenvalue weighted by molar-refractivity contribution is 7.99. The summed E-state index contributed by atoms with van der Waals surface area (Å²) >= 11 is 9.05. The zero-order valence-corrected chi connectivity index (χ0v) is 18.3. The zero-order valence-electron chi connectivity index (χ0n) is 15.9. The number of thiazole rings is 1. The molecule has 1 amide bonds. The highest BCUT2D eigenvalue weighted by Gasteiger charge is 2.21. The van der Waals surface area contributed by atoms with Gasteiger partial charge in [0.05, 0.1) is 6.54 Å². The molecule has 5 nitrogen and oxygen atoms in total. The number of terminal acetylenes is 1. The smallest absolute Gasteiger partial charge is 0.229 e. The number of aromatic nitrogens is 1. The second-order valence-electron chi connectivity index (χ2n) is 5.35. The van der Waals surface area contributed by atoms with E-state index in [1.165, 1.54) is 28.0 Å². The SMILES string of the molecule is C#CCN(C(=O)CCSCCC(F)NC)c1sc(/C=C/C=C\N=C/C)nc1Cl. The maximum Gasteiger partial charge on any atom is 0.229 e. The summed E-state index contributed by atoms with van der Waals surface area (Å²) in [4.78, 5) is 22.3. The maximum absolute atomic E-state index is 13.1. The molecule has 1 aromatic rings. The Kier molecular flexibility index (Phi) is 12.5. The van der Waals surface area contributed by atoms with Crippen LogP contribution in [0.5, 0.6) is 0 Å². The number of nitrogens with one attached hydrogen (secondary N) is 1. The van der Waals surface area contributed by atoms with Gasteiger partial charge in [-0.3, -0.25) is 20.0 Å². The van der Waals surface area contributed by atoms with E-state index in [0.717, 1.165) is 0 Å². The number of halogens is 2. The standard InChI is InChI=1S/C19H24ClFN4OS2/c1-4-12-25(17(26)10-14-27-13-9-15(21)22-3)19-18(20)24-16(28-19)8-6-7-11-23-5-2/h1,5-8,11,15,22H,9-10,12-14H2,2-3H3/b8-6+,11-7-,23-5-. The lowest BCUT2D eigenvalue weighted by molar-refractivity contribution is -0.118. The van der Waals surface area contributed by atoms with Crippen molar-refractivity contribution >= 4 is 57.9 Å². The van der Waals surface area contributed by atoms with Gasteiger partial charge in [0.15, 0.2) is 11.4 Å². The van der Waals surface area contributed by atoms with Gasteiger partial charge in [-0.15, -0.1) is 6.42 Å². The van der Waals surface area contributed by atoms with Crippen molar-refractivity contribution in [2.75, 3.05) is 30.0 Å². The molecule has 1 atom stereocenters. The Morgan fingerprint density at radius 2 is 2.32 bits per heavy atom. The van der Waals surface area contributed by atoms with E-state index >= 15 is 0 Å². The topological polar surface area (TPSA) is 57.6 Å². The molecular formula is C19H24ClFN4OS2. The summed E-state index contributed by atoms with van der Waals surface area (Å²) in [5, 5.41) is 3.98. The van der Waals surface area contributed by atoms with Crippen LogP contribution in [0.25, 0.3) is 6.08 Å². The molecule has 1 aromatic heterocycles. The fourth-order valence-corrected chi connectivity index (χ4v) is 4.11. The number of hydrogen-bond donors (Lipinski definition) is 1. The van der Waals surface area contributed by atoms with Crippen molar-refractivity contribution in [3.8, 4) is 12.3 Å². The van der Waals surface area contributed by atoms with Crippen molar-refractivity contribution in [3.05, 3.63) is 28.5 Å². The highest BCUT2D eigenvalue weighted by Crippen LogP contribution is 2.33. The molecule has 1 heterocycles. The molecule has 9 heteroatoms. The number of aliphatic imine (C=N–C) groups is 1. The number of nitrogens with zero attached hydrogens (tertiary/aromatic N) is 3. The first-order valence-electron chi connectivity index (χ1n) is 8.63. The van der Waals surface area contributed by atoms with E-state index in [2.05, 4.69) is 21.2 Å². The molecule has 152 valence electrons. The third kappa shape index (κ3) is 9.02. The number of thioether (sulfide) groups is 1. The molecule has 0 aliphatic carbocycles. The van der Waals surface area contributed by atoms with Gasteiger partial charge in [0.2, 0.25) is 5.91 Å². The molecule has 1 rings (SSSR count). The Bertz CT molecular complexity index is 743. The summed E-state index contributed by atoms with van der Waals surface area (Å²) in [5.74, 6) is 3.58. The predicted molar refractivity (Wildman–Crippen MR) is 121 cm³/mol. The average molecular weight is 443 g/mol. The molecule has 1 N–H and O–H groups in total. The number of allylic oxidation sites excluding steroid dienone is 2. The molecule has 1 unspecified atom stereocenters. The molecular weight excluding hydrogens is 419 g/mol. The van der Waals surface area contributed by atoms with E-state index in [4.69, 9.17) is 18.0 Å². The number of carbonyl (C=O) groups is 1. The molecule has 0 fully saturated rings. The molecule has 0 aromatic carbocycles. The van der Waals surface area contributed by atoms with E-state index < -0.39 is 6.30 Å². The van der Waals surface area contributed by atoms with E-state index in [1.807, 2.05) is 6.92 Å². The van der Waals surface area contributed by atoms with Crippen molar-refractivity contribution in [2.45, 2.75) is 26.1 Å². The van der Waals surface area contributed by atoms with E-state index in [1.54, 1.807) is 37.7 Å². The summed E-state index contributed by atoms with van der Waals surface area (Å²) in [5.41, 5.74) is 0. The Labute approximate surface area is 179 Å². The van der Waals surface area contributed by atoms with Crippen molar-refractivity contribution in [1.82, 2.24) is 10.3 Å². The lowest BCUT2D eigenvalue weighted by Crippen LogP contribution is -2.31. The fourth-order valence-electron chi connectivity index (χ4n) is 1.96. The Balaban J connectivity index is 2.69. The van der Waals surface area contributed by atoms with Crippen molar-refractivity contribution in [2.24, 2.45) is 4.99 Å². The van der Waals surface area contributed by atoms with Crippen LogP contribution in [0.1, 0.15) is 24.8 Å². The lowest BCUT2D eigenvalue weighted by atomic mass is 10.4. The summed E-state index contributed by atoms with van der Waals surface area (Å²) in [6.07, 6.45) is 13.8. The van der Waals surface area contributed by atoms with Gasteiger partial charge in [-0.05, 0) is 31.9 Å². The van der Waals surface area contributed by atoms with Crippen LogP contribution in [0.15, 0.2) is 23.3 Å². The zero-order chi connectivity index (χ0) is 20.8. The van der Waals surface area contributed by atoms with E-state index in [9.17, 15) is 9.18 Å². The number of alkyl halides is 1. The summed E-state index contributed by atoms with van der Waals surface area (Å²) in [6.45, 7) is 1.95. The molecule has 0 saturated heterocycles. The number of hydrogen-bond acceptors (Lipinski definition) is 6. The van der Waals surface area contributed by atoms with Crippen molar-refractivity contribution < 1.29 is 9.18 Å². The monoisotopic (exact) mass is 442 g/mol. The van der Waals surface area contributed by atoms with Gasteiger partial charge in [0.1, 0.15) is 10.0 Å². The number of anilines is 1. The van der Waals surface area contributed by atoms with Gasteiger partial charge < -0.3 is 0 Å². The van der Waals surface area contributed by atoms with Crippen LogP contribution >= 0.6 is 34.7 Å². The summed E-state index contributed by atoms with van der Waals surface area (Å²) < 4.78 is 13.1. The number of rotatable bonds is 12. The largest absolute Gasteiger partial charge is 0.291 e. The van der Waals surface area contributed by atoms with Crippen LogP contribution in [-0.2, 0) is 4.79 Å². The van der Waals surface area contributed by atoms with Crippen LogP contribution in [0.3, 0.4) is 0 Å². The third-order valence-electron chi connectivity index (χ3n) is 3.34. The van der Waals surface area contributed by atoms with Crippen LogP contribution in [0.2, 0.25) is 5.15 Å². The molecule has 0 aliphatic rings. The first kappa shape index (κ1) is 24.4. The Morgan fingerprint density at radius 1 is 1.54 bits per heavy atom. The van der Waals surface area contributed by atoms with E-state index in [0.29, 0.717) is 34.4 Å². The maximum atomic E-state index is 13.1. The van der Waals surface area contributed by atoms with Crippen LogP contribution < -0.4 is 10.2 Å². The highest BCUT2D eigenvalue weighted by atomic mass is 35.5. The van der Waals surface area contributed by atoms with Gasteiger partial charge in [-0.2, -0.15) is 11.8 Å². The van der Waals surface area contributed by atoms with E-state index in [-0.39, 0.29) is 17.6 Å². The molecule has 0 radical (unpaired) electrons. The molecule has 0 spiro atoms. The van der Waals surface area contributed by atoms with Crippen LogP contribution in [0.4, 0.5) is 9.39 Å². The summed E-state index contributed by atoms with van der Waals surface area (Å²) in [7, 11) is 1.58. The number of carbonyl (C=O) groups excluding carboxylic acids is 1. The average Bonchev–Trinajstić information content (AvgIpc) is 3.05. The minimum absolute atomic E-state index is 0.117. The second-order valence-corrected chi connectivity index (χ2v) is 7.94. The number of amides is 1. The van der Waals surface area contributed by atoms with Crippen molar-refractivity contribution in [3.63, 3.8) is 0 Å². The predicted octanol–water partition coefficient (Wildman–Crippen LogP) is 4.41. The van der Waals surface area contributed by atoms with Gasteiger partial charge >= 0.3 is 0 Å². The van der Waals surface area contributed by atoms with Gasteiger partial charge in [-0.25, -0.2) is 9.37 Å². The quantitative estimate of drug-likeness (QED) is 0.171. The Morgan fingerprint density at radius 3 is 3.00 bits per heavy atom. The third-order valence-corrected chi connectivity index (χ3v) is 5.78. The van der Waals surface area contributed by atoms with Gasteiger partial charge in [-0.1, -0.05) is 34.9 Å². The normalized spacial score (nSPS) is 12.8. The minimum Gasteiger partial charge on any atom is -0.291 e. The first-order chi connectivity index (χ1) is 13.5. The lowest BCUT2D eigenvalue weighted by Gasteiger charge is -2.18. The van der Waals surface area contributed by atoms with Crippen LogP contribution in [-0.4, -0.2) is 48.5 Å². The Hall–Kier alpha value is -1.66. The summed E-state index contributed by atoms with van der Waals surface area (Å²) in [6, 6.07) is 0. The molecule has 0 saturated carbocycles. The molecule has 28 heavy (non-hydrogen) atoms. The van der Waals surface area contributed by atoms with Crippen LogP contribution in [0, 0.1) is 12.3 Å². The van der Waals surface area contributed by atoms with Crippen molar-refractivity contribution in [1.29, 1.82) is 0 Å². The van der Waals surface area contributed by atoms with Gasteiger partial charge in [0, 0.05) is 31.0 Å². The fraction of sp³-hybridized carbons (Fsp3) is 0.421. The first-order valence-corrected chi connectivity index (χ1v) is 11.0. The molecule has 0 bridgehead atoms. The second kappa shape index (κ2) is 14.4.